The van der Waals surface area contributed by atoms with Gasteiger partial charge in [0.1, 0.15) is 11.3 Å². The molecule has 2 aromatic rings. The van der Waals surface area contributed by atoms with Gasteiger partial charge in [0.15, 0.2) is 6.61 Å². The molecule has 172 valence electrons. The number of benzene rings is 2. The number of carbonyl (C=O) groups excluding carboxylic acids is 3. The Bertz CT molecular complexity index is 1110. The van der Waals surface area contributed by atoms with Crippen molar-refractivity contribution in [1.29, 1.82) is 0 Å². The smallest absolute Gasteiger partial charge is 0.342 e. The van der Waals surface area contributed by atoms with E-state index in [1.807, 2.05) is 13.8 Å². The van der Waals surface area contributed by atoms with Crippen molar-refractivity contribution in [2.75, 3.05) is 25.6 Å². The number of rotatable bonds is 9. The first-order valence-electron chi connectivity index (χ1n) is 9.58. The minimum absolute atomic E-state index is 0.0509. The Kier molecular flexibility index (Phi) is 8.33. The molecule has 0 fully saturated rings. The summed E-state index contributed by atoms with van der Waals surface area (Å²) in [6, 6.07) is 9.84. The van der Waals surface area contributed by atoms with E-state index in [9.17, 15) is 22.8 Å². The Morgan fingerprint density at radius 2 is 1.75 bits per heavy atom. The van der Waals surface area contributed by atoms with Crippen LogP contribution in [0.2, 0.25) is 0 Å². The number of amides is 2. The summed E-state index contributed by atoms with van der Waals surface area (Å²) in [6.45, 7) is 3.70. The van der Waals surface area contributed by atoms with Gasteiger partial charge in [-0.1, -0.05) is 26.0 Å². The summed E-state index contributed by atoms with van der Waals surface area (Å²) in [7, 11) is -2.77. The van der Waals surface area contributed by atoms with E-state index in [1.165, 1.54) is 19.2 Å². The van der Waals surface area contributed by atoms with Crippen molar-refractivity contribution in [1.82, 2.24) is 5.32 Å². The summed E-state index contributed by atoms with van der Waals surface area (Å²) in [5.41, 5.74) is 0.305. The van der Waals surface area contributed by atoms with E-state index in [-0.39, 0.29) is 39.3 Å². The van der Waals surface area contributed by atoms with Gasteiger partial charge >= 0.3 is 5.97 Å². The lowest BCUT2D eigenvalue weighted by molar-refractivity contribution is -0.119. The molecule has 0 radical (unpaired) electrons. The molecule has 0 aliphatic carbocycles. The predicted octanol–water partition coefficient (Wildman–Crippen LogP) is 1.52. The number of sulfonamides is 1. The zero-order valence-corrected chi connectivity index (χ0v) is 18.7. The zero-order chi connectivity index (χ0) is 23.9. The van der Waals surface area contributed by atoms with Gasteiger partial charge in [0.25, 0.3) is 11.8 Å². The number of carbonyl (C=O) groups is 3. The maximum atomic E-state index is 12.4. The summed E-state index contributed by atoms with van der Waals surface area (Å²) in [6.07, 6.45) is 0. The second-order valence-electron chi connectivity index (χ2n) is 7.18. The average molecular weight is 464 g/mol. The molecule has 0 aromatic heterocycles. The molecule has 0 atom stereocenters. The van der Waals surface area contributed by atoms with E-state index >= 15 is 0 Å². The van der Waals surface area contributed by atoms with Crippen LogP contribution >= 0.6 is 0 Å². The van der Waals surface area contributed by atoms with Gasteiger partial charge < -0.3 is 20.1 Å². The maximum absolute atomic E-state index is 12.4. The minimum atomic E-state index is -4.06. The molecule has 0 heterocycles. The molecule has 0 aliphatic heterocycles. The highest BCUT2D eigenvalue weighted by molar-refractivity contribution is 7.89. The molecule has 2 amide bonds. The molecule has 4 N–H and O–H groups in total. The number of nitrogens with one attached hydrogen (secondary N) is 2. The van der Waals surface area contributed by atoms with Gasteiger partial charge in [-0.05, 0) is 36.2 Å². The lowest BCUT2D eigenvalue weighted by Crippen LogP contribution is -2.29. The van der Waals surface area contributed by atoms with E-state index < -0.39 is 28.5 Å². The van der Waals surface area contributed by atoms with Crippen LogP contribution in [0.25, 0.3) is 0 Å². The van der Waals surface area contributed by atoms with Crippen LogP contribution in [0.5, 0.6) is 5.75 Å². The first-order chi connectivity index (χ1) is 15.0. The average Bonchev–Trinajstić information content (AvgIpc) is 2.75. The van der Waals surface area contributed by atoms with Crippen molar-refractivity contribution in [3.05, 3.63) is 53.6 Å². The fraction of sp³-hybridized carbons (Fsp3) is 0.286. The van der Waals surface area contributed by atoms with Crippen LogP contribution in [0.15, 0.2) is 47.4 Å². The Hall–Kier alpha value is -3.44. The molecule has 0 aliphatic rings. The van der Waals surface area contributed by atoms with Crippen LogP contribution in [-0.2, 0) is 19.6 Å². The molecule has 0 saturated heterocycles. The summed E-state index contributed by atoms with van der Waals surface area (Å²) < 4.78 is 33.1. The van der Waals surface area contributed by atoms with E-state index in [0.29, 0.717) is 6.54 Å². The lowest BCUT2D eigenvalue weighted by Gasteiger charge is -2.13. The molecular weight excluding hydrogens is 438 g/mol. The van der Waals surface area contributed by atoms with Crippen molar-refractivity contribution in [3.8, 4) is 5.75 Å². The lowest BCUT2D eigenvalue weighted by atomic mass is 10.1. The van der Waals surface area contributed by atoms with Crippen molar-refractivity contribution in [3.63, 3.8) is 0 Å². The third-order valence-electron chi connectivity index (χ3n) is 4.17. The molecule has 0 bridgehead atoms. The molecule has 0 saturated carbocycles. The summed E-state index contributed by atoms with van der Waals surface area (Å²) in [4.78, 5) is 36.8. The van der Waals surface area contributed by atoms with Crippen LogP contribution in [0.1, 0.15) is 34.6 Å². The molecular formula is C21H25N3O7S. The molecule has 0 unspecified atom stereocenters. The molecule has 32 heavy (non-hydrogen) atoms. The zero-order valence-electron chi connectivity index (χ0n) is 17.9. The quantitative estimate of drug-likeness (QED) is 0.476. The highest BCUT2D eigenvalue weighted by Crippen LogP contribution is 2.23. The number of para-hydroxylation sites is 1. The molecule has 2 aromatic carbocycles. The van der Waals surface area contributed by atoms with Gasteiger partial charge in [0.05, 0.1) is 23.3 Å². The van der Waals surface area contributed by atoms with Gasteiger partial charge in [-0.15, -0.1) is 0 Å². The summed E-state index contributed by atoms with van der Waals surface area (Å²) in [5, 5.41) is 10.4. The largest absolute Gasteiger partial charge is 0.496 e. The van der Waals surface area contributed by atoms with Crippen molar-refractivity contribution < 1.29 is 32.3 Å². The predicted molar refractivity (Wildman–Crippen MR) is 117 cm³/mol. The van der Waals surface area contributed by atoms with Crippen LogP contribution in [0.4, 0.5) is 5.69 Å². The number of hydrogen-bond donors (Lipinski definition) is 3. The molecule has 0 spiro atoms. The van der Waals surface area contributed by atoms with Crippen molar-refractivity contribution >= 4 is 33.5 Å². The normalized spacial score (nSPS) is 11.0. The van der Waals surface area contributed by atoms with Gasteiger partial charge in [-0.3, -0.25) is 9.59 Å². The number of anilines is 1. The second-order valence-corrected chi connectivity index (χ2v) is 8.74. The van der Waals surface area contributed by atoms with E-state index in [2.05, 4.69) is 10.6 Å². The first-order valence-corrected chi connectivity index (χ1v) is 11.1. The summed E-state index contributed by atoms with van der Waals surface area (Å²) >= 11 is 0. The van der Waals surface area contributed by atoms with E-state index in [1.54, 1.807) is 24.3 Å². The fourth-order valence-corrected chi connectivity index (χ4v) is 3.14. The van der Waals surface area contributed by atoms with E-state index in [4.69, 9.17) is 14.6 Å². The number of primary sulfonamides is 1. The fourth-order valence-electron chi connectivity index (χ4n) is 2.60. The standard InChI is InChI=1S/C21H25N3O7S/c1-13(2)11-23-20(26)15-6-4-5-7-17(15)24-19(25)12-31-21(27)16-10-14(32(22,28)29)8-9-18(16)30-3/h4-10,13H,11-12H2,1-3H3,(H,23,26)(H,24,25)(H2,22,28,29). The Morgan fingerprint density at radius 1 is 1.06 bits per heavy atom. The third kappa shape index (κ3) is 6.79. The number of esters is 1. The highest BCUT2D eigenvalue weighted by Gasteiger charge is 2.20. The number of methoxy groups -OCH3 is 1. The van der Waals surface area contributed by atoms with Crippen LogP contribution in [-0.4, -0.2) is 46.5 Å². The number of hydrogen-bond acceptors (Lipinski definition) is 7. The maximum Gasteiger partial charge on any atom is 0.342 e. The number of nitrogens with two attached hydrogens (primary N) is 1. The third-order valence-corrected chi connectivity index (χ3v) is 5.08. The van der Waals surface area contributed by atoms with Gasteiger partial charge in [0.2, 0.25) is 10.0 Å². The minimum Gasteiger partial charge on any atom is -0.496 e. The highest BCUT2D eigenvalue weighted by atomic mass is 32.2. The van der Waals surface area contributed by atoms with Crippen molar-refractivity contribution in [2.45, 2.75) is 18.7 Å². The van der Waals surface area contributed by atoms with Crippen LogP contribution in [0.3, 0.4) is 0 Å². The van der Waals surface area contributed by atoms with Crippen molar-refractivity contribution in [2.24, 2.45) is 11.1 Å². The van der Waals surface area contributed by atoms with Crippen LogP contribution < -0.4 is 20.5 Å². The summed E-state index contributed by atoms with van der Waals surface area (Å²) in [5.74, 6) is -1.72. The Balaban J connectivity index is 2.08. The topological polar surface area (TPSA) is 154 Å². The molecule has 10 nitrogen and oxygen atoms in total. The van der Waals surface area contributed by atoms with Gasteiger partial charge in [-0.2, -0.15) is 0 Å². The second kappa shape index (κ2) is 10.7. The van der Waals surface area contributed by atoms with Crippen LogP contribution in [0, 0.1) is 5.92 Å². The monoisotopic (exact) mass is 463 g/mol. The molecule has 11 heteroatoms. The SMILES string of the molecule is COc1ccc(S(N)(=O)=O)cc1C(=O)OCC(=O)Nc1ccccc1C(=O)NCC(C)C. The first kappa shape index (κ1) is 24.8. The Labute approximate surface area is 186 Å². The van der Waals surface area contributed by atoms with Gasteiger partial charge in [0, 0.05) is 6.54 Å². The molecule has 2 rings (SSSR count). The van der Waals surface area contributed by atoms with Gasteiger partial charge in [-0.25, -0.2) is 18.4 Å². The number of ether oxygens (including phenoxy) is 2. The Morgan fingerprint density at radius 3 is 2.38 bits per heavy atom. The van der Waals surface area contributed by atoms with E-state index in [0.717, 1.165) is 6.07 Å².